The van der Waals surface area contributed by atoms with E-state index in [2.05, 4.69) is 58.9 Å². The third-order valence-corrected chi connectivity index (χ3v) is 5.49. The van der Waals surface area contributed by atoms with Crippen molar-refractivity contribution in [3.63, 3.8) is 0 Å². The van der Waals surface area contributed by atoms with Crippen LogP contribution in [0.4, 0.5) is 0 Å². The fraction of sp³-hybridized carbons (Fsp3) is 0.700. The van der Waals surface area contributed by atoms with E-state index in [0.29, 0.717) is 11.3 Å². The summed E-state index contributed by atoms with van der Waals surface area (Å²) in [7, 11) is 0. The van der Waals surface area contributed by atoms with E-state index in [0.717, 1.165) is 5.92 Å². The summed E-state index contributed by atoms with van der Waals surface area (Å²) >= 11 is 0. The van der Waals surface area contributed by atoms with Crippen molar-refractivity contribution in [2.24, 2.45) is 11.3 Å². The predicted octanol–water partition coefficient (Wildman–Crippen LogP) is 5.28. The maximum absolute atomic E-state index is 9.57. The predicted molar refractivity (Wildman–Crippen MR) is 90.7 cm³/mol. The normalized spacial score (nSPS) is 24.1. The molecule has 0 saturated heterocycles. The minimum Gasteiger partial charge on any atom is -0.395 e. The quantitative estimate of drug-likeness (QED) is 0.802. The number of aliphatic hydroxyl groups excluding tert-OH is 1. The van der Waals surface area contributed by atoms with Crippen molar-refractivity contribution in [3.8, 4) is 0 Å². The van der Waals surface area contributed by atoms with Gasteiger partial charge in [-0.25, -0.2) is 0 Å². The Morgan fingerprint density at radius 1 is 1.00 bits per heavy atom. The van der Waals surface area contributed by atoms with Crippen molar-refractivity contribution in [3.05, 3.63) is 35.4 Å². The minimum atomic E-state index is -0.140. The molecule has 0 atom stereocenters. The Balaban J connectivity index is 2.09. The van der Waals surface area contributed by atoms with E-state index in [1.54, 1.807) is 0 Å². The molecule has 1 nitrogen and oxygen atoms in total. The van der Waals surface area contributed by atoms with E-state index in [-0.39, 0.29) is 12.0 Å². The van der Waals surface area contributed by atoms with Crippen LogP contribution in [-0.4, -0.2) is 11.7 Å². The third kappa shape index (κ3) is 3.88. The number of hydrogen-bond donors (Lipinski definition) is 1. The molecule has 0 amide bonds. The zero-order valence-electron chi connectivity index (χ0n) is 14.4. The lowest BCUT2D eigenvalue weighted by atomic mass is 9.68. The summed E-state index contributed by atoms with van der Waals surface area (Å²) in [6.07, 6.45) is 5.32. The summed E-state index contributed by atoms with van der Waals surface area (Å²) in [5.41, 5.74) is 3.05. The van der Waals surface area contributed by atoms with Crippen LogP contribution < -0.4 is 0 Å². The van der Waals surface area contributed by atoms with Crippen LogP contribution >= 0.6 is 0 Å². The van der Waals surface area contributed by atoms with Gasteiger partial charge >= 0.3 is 0 Å². The monoisotopic (exact) mass is 288 g/mol. The molecular formula is C20H32O. The summed E-state index contributed by atoms with van der Waals surface area (Å²) in [5.74, 6) is 1.57. The van der Waals surface area contributed by atoms with E-state index in [4.69, 9.17) is 0 Å². The SMILES string of the molecule is CC(C)(CO)c1cccc(C2CCC(C(C)(C)C)CC2)c1. The molecule has 1 aliphatic carbocycles. The minimum absolute atomic E-state index is 0.140. The van der Waals surface area contributed by atoms with Crippen LogP contribution in [0.5, 0.6) is 0 Å². The molecule has 21 heavy (non-hydrogen) atoms. The fourth-order valence-electron chi connectivity index (χ4n) is 3.60. The second kappa shape index (κ2) is 6.12. The molecule has 1 fully saturated rings. The molecule has 1 heteroatoms. The number of hydrogen-bond acceptors (Lipinski definition) is 1. The largest absolute Gasteiger partial charge is 0.395 e. The topological polar surface area (TPSA) is 20.2 Å². The van der Waals surface area contributed by atoms with Gasteiger partial charge in [-0.2, -0.15) is 0 Å². The first-order valence-electron chi connectivity index (χ1n) is 8.45. The van der Waals surface area contributed by atoms with Crippen molar-refractivity contribution >= 4 is 0 Å². The highest BCUT2D eigenvalue weighted by molar-refractivity contribution is 5.31. The van der Waals surface area contributed by atoms with Gasteiger partial charge in [-0.1, -0.05) is 58.9 Å². The van der Waals surface area contributed by atoms with Gasteiger partial charge in [0.05, 0.1) is 6.61 Å². The zero-order chi connectivity index (χ0) is 15.7. The van der Waals surface area contributed by atoms with Crippen LogP contribution in [0.25, 0.3) is 0 Å². The third-order valence-electron chi connectivity index (χ3n) is 5.49. The molecule has 0 heterocycles. The van der Waals surface area contributed by atoms with Gasteiger partial charge in [-0.3, -0.25) is 0 Å². The van der Waals surface area contributed by atoms with Crippen molar-refractivity contribution in [1.29, 1.82) is 0 Å². The number of aliphatic hydroxyl groups is 1. The summed E-state index contributed by atoms with van der Waals surface area (Å²) in [6, 6.07) is 8.93. The van der Waals surface area contributed by atoms with E-state index in [1.165, 1.54) is 36.8 Å². The van der Waals surface area contributed by atoms with Crippen LogP contribution in [0, 0.1) is 11.3 Å². The maximum atomic E-state index is 9.57. The van der Waals surface area contributed by atoms with Crippen LogP contribution in [0.15, 0.2) is 24.3 Å². The molecule has 0 aliphatic heterocycles. The molecule has 0 bridgehead atoms. The van der Waals surface area contributed by atoms with Crippen LogP contribution in [-0.2, 0) is 5.41 Å². The van der Waals surface area contributed by atoms with Gasteiger partial charge < -0.3 is 5.11 Å². The first-order valence-corrected chi connectivity index (χ1v) is 8.45. The van der Waals surface area contributed by atoms with Gasteiger partial charge in [0, 0.05) is 5.41 Å². The van der Waals surface area contributed by atoms with Gasteiger partial charge in [-0.05, 0) is 54.1 Å². The summed E-state index contributed by atoms with van der Waals surface area (Å²) in [5, 5.41) is 9.57. The Labute approximate surface area is 130 Å². The van der Waals surface area contributed by atoms with E-state index < -0.39 is 0 Å². The highest BCUT2D eigenvalue weighted by Crippen LogP contribution is 2.43. The molecule has 0 unspecified atom stereocenters. The molecule has 1 saturated carbocycles. The van der Waals surface area contributed by atoms with Crippen LogP contribution in [0.2, 0.25) is 0 Å². The Morgan fingerprint density at radius 3 is 2.14 bits per heavy atom. The molecule has 1 aliphatic rings. The summed E-state index contributed by atoms with van der Waals surface area (Å²) in [6.45, 7) is 11.6. The van der Waals surface area contributed by atoms with Gasteiger partial charge in [0.2, 0.25) is 0 Å². The Morgan fingerprint density at radius 2 is 1.62 bits per heavy atom. The molecule has 1 aromatic carbocycles. The maximum Gasteiger partial charge on any atom is 0.0522 e. The molecule has 0 spiro atoms. The van der Waals surface area contributed by atoms with Gasteiger partial charge in [0.25, 0.3) is 0 Å². The lowest BCUT2D eigenvalue weighted by Crippen LogP contribution is -2.25. The van der Waals surface area contributed by atoms with Crippen LogP contribution in [0.3, 0.4) is 0 Å². The highest BCUT2D eigenvalue weighted by Gasteiger charge is 2.30. The molecule has 1 aromatic rings. The van der Waals surface area contributed by atoms with Crippen molar-refractivity contribution < 1.29 is 5.11 Å². The molecular weight excluding hydrogens is 256 g/mol. The molecule has 0 aromatic heterocycles. The molecule has 118 valence electrons. The zero-order valence-corrected chi connectivity index (χ0v) is 14.4. The second-order valence-corrected chi connectivity index (χ2v) is 8.58. The summed E-state index contributed by atoms with van der Waals surface area (Å²) in [4.78, 5) is 0. The highest BCUT2D eigenvalue weighted by atomic mass is 16.3. The number of rotatable bonds is 3. The van der Waals surface area contributed by atoms with Crippen LogP contribution in [0.1, 0.15) is 77.3 Å². The summed E-state index contributed by atoms with van der Waals surface area (Å²) < 4.78 is 0. The van der Waals surface area contributed by atoms with Gasteiger partial charge in [0.1, 0.15) is 0 Å². The number of benzene rings is 1. The molecule has 0 radical (unpaired) electrons. The Kier molecular flexibility index (Phi) is 4.82. The first kappa shape index (κ1) is 16.5. The standard InChI is InChI=1S/C20H32O/c1-19(2,3)17-11-9-15(10-12-17)16-7-6-8-18(13-16)20(4,5)14-21/h6-8,13,15,17,21H,9-12,14H2,1-5H3. The Bertz CT molecular complexity index is 459. The van der Waals surface area contributed by atoms with E-state index in [9.17, 15) is 5.11 Å². The average molecular weight is 288 g/mol. The lowest BCUT2D eigenvalue weighted by molar-refractivity contribution is 0.169. The van der Waals surface area contributed by atoms with Crippen molar-refractivity contribution in [2.45, 2.75) is 71.6 Å². The molecule has 1 N–H and O–H groups in total. The molecule has 2 rings (SSSR count). The van der Waals surface area contributed by atoms with Gasteiger partial charge in [0.15, 0.2) is 0 Å². The van der Waals surface area contributed by atoms with E-state index >= 15 is 0 Å². The van der Waals surface area contributed by atoms with Gasteiger partial charge in [-0.15, -0.1) is 0 Å². The smallest absolute Gasteiger partial charge is 0.0522 e. The Hall–Kier alpha value is -0.820. The first-order chi connectivity index (χ1) is 9.74. The fourth-order valence-corrected chi connectivity index (χ4v) is 3.60. The lowest BCUT2D eigenvalue weighted by Gasteiger charge is -2.37. The second-order valence-electron chi connectivity index (χ2n) is 8.58. The van der Waals surface area contributed by atoms with Crippen molar-refractivity contribution in [1.82, 2.24) is 0 Å². The average Bonchev–Trinajstić information content (AvgIpc) is 2.46. The van der Waals surface area contributed by atoms with E-state index in [1.807, 2.05) is 0 Å². The van der Waals surface area contributed by atoms with Crippen molar-refractivity contribution in [2.75, 3.05) is 6.61 Å².